The lowest BCUT2D eigenvalue weighted by Crippen LogP contribution is -2.39. The molecule has 1 aliphatic rings. The van der Waals surface area contributed by atoms with E-state index in [1.54, 1.807) is 0 Å². The topological polar surface area (TPSA) is 49.8 Å². The first kappa shape index (κ1) is 9.48. The van der Waals surface area contributed by atoms with Crippen molar-refractivity contribution in [3.63, 3.8) is 0 Å². The molecule has 0 saturated carbocycles. The molecule has 4 heteroatoms. The molecule has 70 valence electrons. The summed E-state index contributed by atoms with van der Waals surface area (Å²) in [5.74, 6) is -0.760. The molecule has 1 aliphatic heterocycles. The predicted octanol–water partition coefficient (Wildman–Crippen LogP) is 0.182. The third-order valence-corrected chi connectivity index (χ3v) is 2.17. The van der Waals surface area contributed by atoms with Crippen LogP contribution in [0.15, 0.2) is 0 Å². The van der Waals surface area contributed by atoms with Gasteiger partial charge in [-0.05, 0) is 13.0 Å². The Hall–Kier alpha value is -0.610. The third-order valence-electron chi connectivity index (χ3n) is 2.17. The average Bonchev–Trinajstić information content (AvgIpc) is 2.51. The van der Waals surface area contributed by atoms with Gasteiger partial charge in [-0.25, -0.2) is 0 Å². The standard InChI is InChI=1S/C8H15NO3/c1-2-9(5-8(10)11)7-3-4-12-6-7/h7H,2-6H2,1H3,(H,10,11). The zero-order valence-corrected chi connectivity index (χ0v) is 7.32. The molecule has 1 fully saturated rings. The highest BCUT2D eigenvalue weighted by molar-refractivity contribution is 5.69. The Balaban J connectivity index is 2.37. The summed E-state index contributed by atoms with van der Waals surface area (Å²) in [7, 11) is 0. The van der Waals surface area contributed by atoms with Crippen LogP contribution in [0, 0.1) is 0 Å². The molecule has 0 bridgehead atoms. The number of likely N-dealkylation sites (N-methyl/N-ethyl adjacent to an activating group) is 1. The van der Waals surface area contributed by atoms with E-state index in [4.69, 9.17) is 9.84 Å². The van der Waals surface area contributed by atoms with E-state index in [-0.39, 0.29) is 6.54 Å². The lowest BCUT2D eigenvalue weighted by Gasteiger charge is -2.23. The van der Waals surface area contributed by atoms with Crippen molar-refractivity contribution < 1.29 is 14.6 Å². The second-order valence-corrected chi connectivity index (χ2v) is 2.97. The molecule has 1 heterocycles. The van der Waals surface area contributed by atoms with Crippen molar-refractivity contribution in [2.24, 2.45) is 0 Å². The Morgan fingerprint density at radius 3 is 2.92 bits per heavy atom. The van der Waals surface area contributed by atoms with E-state index in [1.165, 1.54) is 0 Å². The first-order valence-corrected chi connectivity index (χ1v) is 4.27. The number of ether oxygens (including phenoxy) is 1. The maximum atomic E-state index is 10.4. The molecule has 12 heavy (non-hydrogen) atoms. The smallest absolute Gasteiger partial charge is 0.317 e. The van der Waals surface area contributed by atoms with Crippen molar-refractivity contribution in [2.75, 3.05) is 26.3 Å². The number of carboxylic acid groups (broad SMARTS) is 1. The first-order valence-electron chi connectivity index (χ1n) is 4.27. The van der Waals surface area contributed by atoms with Gasteiger partial charge in [-0.1, -0.05) is 6.92 Å². The van der Waals surface area contributed by atoms with Gasteiger partial charge in [0.15, 0.2) is 0 Å². The van der Waals surface area contributed by atoms with Crippen LogP contribution in [0.3, 0.4) is 0 Å². The monoisotopic (exact) mass is 173 g/mol. The van der Waals surface area contributed by atoms with Crippen molar-refractivity contribution in [3.05, 3.63) is 0 Å². The van der Waals surface area contributed by atoms with Crippen molar-refractivity contribution >= 4 is 5.97 Å². The highest BCUT2D eigenvalue weighted by Crippen LogP contribution is 2.11. The minimum atomic E-state index is -0.760. The first-order chi connectivity index (χ1) is 5.74. The summed E-state index contributed by atoms with van der Waals surface area (Å²) in [6.07, 6.45) is 0.959. The van der Waals surface area contributed by atoms with Gasteiger partial charge in [0.25, 0.3) is 0 Å². The SMILES string of the molecule is CCN(CC(=O)O)C1CCOC1. The van der Waals surface area contributed by atoms with Crippen LogP contribution >= 0.6 is 0 Å². The largest absolute Gasteiger partial charge is 0.480 e. The number of carboxylic acids is 1. The summed E-state index contributed by atoms with van der Waals surface area (Å²) in [5, 5.41) is 8.59. The summed E-state index contributed by atoms with van der Waals surface area (Å²) < 4.78 is 5.19. The Kier molecular flexibility index (Phi) is 3.49. The predicted molar refractivity (Wildman–Crippen MR) is 44.1 cm³/mol. The van der Waals surface area contributed by atoms with Gasteiger partial charge < -0.3 is 9.84 Å². The van der Waals surface area contributed by atoms with E-state index in [0.717, 1.165) is 19.6 Å². The van der Waals surface area contributed by atoms with Crippen molar-refractivity contribution in [1.82, 2.24) is 4.90 Å². The van der Waals surface area contributed by atoms with E-state index >= 15 is 0 Å². The summed E-state index contributed by atoms with van der Waals surface area (Å²) >= 11 is 0. The maximum Gasteiger partial charge on any atom is 0.317 e. The second-order valence-electron chi connectivity index (χ2n) is 2.97. The van der Waals surface area contributed by atoms with E-state index in [1.807, 2.05) is 11.8 Å². The molecule has 1 unspecified atom stereocenters. The fraction of sp³-hybridized carbons (Fsp3) is 0.875. The summed E-state index contributed by atoms with van der Waals surface area (Å²) in [6.45, 7) is 4.33. The molecule has 4 nitrogen and oxygen atoms in total. The molecule has 0 aromatic rings. The van der Waals surface area contributed by atoms with Crippen molar-refractivity contribution in [1.29, 1.82) is 0 Å². The number of nitrogens with zero attached hydrogens (tertiary/aromatic N) is 1. The number of aliphatic carboxylic acids is 1. The highest BCUT2D eigenvalue weighted by Gasteiger charge is 2.23. The summed E-state index contributed by atoms with van der Waals surface area (Å²) in [5.41, 5.74) is 0. The molecule has 1 N–H and O–H groups in total. The van der Waals surface area contributed by atoms with Gasteiger partial charge in [0.05, 0.1) is 13.2 Å². The molecule has 0 amide bonds. The maximum absolute atomic E-state index is 10.4. The van der Waals surface area contributed by atoms with Crippen LogP contribution in [0.1, 0.15) is 13.3 Å². The van der Waals surface area contributed by atoms with Gasteiger partial charge in [-0.15, -0.1) is 0 Å². The number of hydrogen-bond donors (Lipinski definition) is 1. The molecule has 0 radical (unpaired) electrons. The normalized spacial score (nSPS) is 23.3. The molecule has 1 saturated heterocycles. The Morgan fingerprint density at radius 1 is 1.75 bits per heavy atom. The molecule has 0 aromatic carbocycles. The van der Waals surface area contributed by atoms with Crippen LogP contribution in [-0.2, 0) is 9.53 Å². The number of rotatable bonds is 4. The molecular weight excluding hydrogens is 158 g/mol. The van der Waals surface area contributed by atoms with E-state index in [0.29, 0.717) is 12.6 Å². The Morgan fingerprint density at radius 2 is 2.50 bits per heavy atom. The number of hydrogen-bond acceptors (Lipinski definition) is 3. The minimum Gasteiger partial charge on any atom is -0.480 e. The van der Waals surface area contributed by atoms with Crippen LogP contribution in [0.25, 0.3) is 0 Å². The lowest BCUT2D eigenvalue weighted by molar-refractivity contribution is -0.138. The quantitative estimate of drug-likeness (QED) is 0.659. The van der Waals surface area contributed by atoms with Crippen molar-refractivity contribution in [3.8, 4) is 0 Å². The fourth-order valence-electron chi connectivity index (χ4n) is 1.48. The molecule has 0 spiro atoms. The van der Waals surface area contributed by atoms with Crippen LogP contribution in [0.4, 0.5) is 0 Å². The zero-order valence-electron chi connectivity index (χ0n) is 7.32. The van der Waals surface area contributed by atoms with Crippen LogP contribution < -0.4 is 0 Å². The average molecular weight is 173 g/mol. The Labute approximate surface area is 72.1 Å². The lowest BCUT2D eigenvalue weighted by atomic mass is 10.2. The molecule has 1 atom stereocenters. The highest BCUT2D eigenvalue weighted by atomic mass is 16.5. The summed E-state index contributed by atoms with van der Waals surface area (Å²) in [4.78, 5) is 12.4. The van der Waals surface area contributed by atoms with Crippen LogP contribution in [0.2, 0.25) is 0 Å². The zero-order chi connectivity index (χ0) is 8.97. The third kappa shape index (κ3) is 2.46. The van der Waals surface area contributed by atoms with Gasteiger partial charge in [0.2, 0.25) is 0 Å². The van der Waals surface area contributed by atoms with Crippen LogP contribution in [-0.4, -0.2) is 48.3 Å². The Bertz CT molecular complexity index is 154. The molecule has 0 aromatic heterocycles. The second kappa shape index (κ2) is 4.42. The van der Waals surface area contributed by atoms with Gasteiger partial charge in [0, 0.05) is 12.6 Å². The summed E-state index contributed by atoms with van der Waals surface area (Å²) in [6, 6.07) is 0.311. The molecule has 1 rings (SSSR count). The van der Waals surface area contributed by atoms with Crippen LogP contribution in [0.5, 0.6) is 0 Å². The molecular formula is C8H15NO3. The van der Waals surface area contributed by atoms with E-state index in [2.05, 4.69) is 0 Å². The van der Waals surface area contributed by atoms with Gasteiger partial charge in [0.1, 0.15) is 0 Å². The fourth-order valence-corrected chi connectivity index (χ4v) is 1.48. The van der Waals surface area contributed by atoms with Gasteiger partial charge in [-0.2, -0.15) is 0 Å². The van der Waals surface area contributed by atoms with Crippen molar-refractivity contribution in [2.45, 2.75) is 19.4 Å². The van der Waals surface area contributed by atoms with Gasteiger partial charge in [-0.3, -0.25) is 9.69 Å². The minimum absolute atomic E-state index is 0.129. The van der Waals surface area contributed by atoms with E-state index in [9.17, 15) is 4.79 Å². The molecule has 0 aliphatic carbocycles. The van der Waals surface area contributed by atoms with E-state index < -0.39 is 5.97 Å². The number of carbonyl (C=O) groups is 1. The van der Waals surface area contributed by atoms with Gasteiger partial charge >= 0.3 is 5.97 Å².